The van der Waals surface area contributed by atoms with Crippen molar-refractivity contribution in [1.82, 2.24) is 9.97 Å². The summed E-state index contributed by atoms with van der Waals surface area (Å²) >= 11 is 0. The Morgan fingerprint density at radius 3 is 1.76 bits per heavy atom. The van der Waals surface area contributed by atoms with Gasteiger partial charge in [0.25, 0.3) is 0 Å². The minimum atomic E-state index is -0.460. The van der Waals surface area contributed by atoms with Crippen molar-refractivity contribution in [3.05, 3.63) is 205 Å². The van der Waals surface area contributed by atoms with E-state index in [1.807, 2.05) is 60.7 Å². The van der Waals surface area contributed by atoms with Crippen LogP contribution in [0.3, 0.4) is 0 Å². The molecule has 8 aromatic carbocycles. The van der Waals surface area contributed by atoms with Crippen LogP contribution in [0, 0.1) is 0 Å². The fourth-order valence-corrected chi connectivity index (χ4v) is 8.20. The molecule has 1 heterocycles. The monoisotopic (exact) mass is 707 g/mol. The third kappa shape index (κ3) is 5.75. The molecule has 0 spiro atoms. The van der Waals surface area contributed by atoms with Gasteiger partial charge in [0.05, 0.1) is 18.2 Å². The van der Waals surface area contributed by atoms with Crippen molar-refractivity contribution in [2.45, 2.75) is 19.3 Å². The molecule has 0 atom stereocenters. The third-order valence-corrected chi connectivity index (χ3v) is 11.0. The largest absolute Gasteiger partial charge is 0.228 e. The van der Waals surface area contributed by atoms with Crippen LogP contribution in [0.1, 0.15) is 31.8 Å². The highest BCUT2D eigenvalue weighted by molar-refractivity contribution is 6.05. The van der Waals surface area contributed by atoms with Gasteiger partial charge in [-0.05, 0) is 84.6 Å². The first-order chi connectivity index (χ1) is 29.1. The second kappa shape index (κ2) is 13.2. The van der Waals surface area contributed by atoms with E-state index in [1.54, 1.807) is 0 Å². The first-order valence-electron chi connectivity index (χ1n) is 21.1. The molecule has 260 valence electrons. The molecule has 0 fully saturated rings. The van der Waals surface area contributed by atoms with Crippen molar-refractivity contribution < 1.29 is 6.85 Å². The number of benzene rings is 8. The van der Waals surface area contributed by atoms with Crippen LogP contribution < -0.4 is 0 Å². The lowest BCUT2D eigenvalue weighted by molar-refractivity contribution is 0.660. The Balaban J connectivity index is 1.10. The second-order valence-corrected chi connectivity index (χ2v) is 14.6. The quantitative estimate of drug-likeness (QED) is 0.172. The number of aromatic nitrogens is 2. The van der Waals surface area contributed by atoms with Gasteiger partial charge in [-0.15, -0.1) is 0 Å². The van der Waals surface area contributed by atoms with Gasteiger partial charge in [0.15, 0.2) is 5.82 Å². The van der Waals surface area contributed by atoms with Gasteiger partial charge < -0.3 is 0 Å². The zero-order chi connectivity index (χ0) is 41.3. The van der Waals surface area contributed by atoms with Crippen molar-refractivity contribution in [1.29, 1.82) is 0 Å². The molecule has 10 rings (SSSR count). The molecule has 0 saturated carbocycles. The van der Waals surface area contributed by atoms with E-state index in [-0.39, 0.29) is 28.9 Å². The second-order valence-electron chi connectivity index (χ2n) is 14.6. The van der Waals surface area contributed by atoms with Crippen LogP contribution in [0.4, 0.5) is 0 Å². The summed E-state index contributed by atoms with van der Waals surface area (Å²) in [6.45, 7) is 4.61. The van der Waals surface area contributed by atoms with Crippen LogP contribution in [-0.4, -0.2) is 9.97 Å². The molecule has 1 aliphatic carbocycles. The molecule has 2 heteroatoms. The van der Waals surface area contributed by atoms with Gasteiger partial charge >= 0.3 is 0 Å². The van der Waals surface area contributed by atoms with Crippen molar-refractivity contribution in [3.63, 3.8) is 0 Å². The Labute approximate surface area is 329 Å². The molecule has 0 amide bonds. The first-order valence-corrected chi connectivity index (χ1v) is 18.6. The molecule has 2 nitrogen and oxygen atoms in total. The maximum absolute atomic E-state index is 8.81. The molecular weight excluding hydrogens is 665 g/mol. The lowest BCUT2D eigenvalue weighted by Crippen LogP contribution is -2.14. The van der Waals surface area contributed by atoms with Gasteiger partial charge in [-0.1, -0.05) is 190 Å². The molecule has 0 radical (unpaired) electrons. The molecular formula is C53H38N2. The number of hydrogen-bond donors (Lipinski definition) is 0. The predicted octanol–water partition coefficient (Wildman–Crippen LogP) is 13.9. The third-order valence-electron chi connectivity index (χ3n) is 11.0. The van der Waals surface area contributed by atoms with Crippen LogP contribution in [0.25, 0.3) is 89.2 Å². The fraction of sp³-hybridized carbons (Fsp3) is 0.0566. The lowest BCUT2D eigenvalue weighted by Gasteiger charge is -2.22. The van der Waals surface area contributed by atoms with E-state index >= 15 is 0 Å². The minimum absolute atomic E-state index is 0.0402. The fourth-order valence-electron chi connectivity index (χ4n) is 8.20. The predicted molar refractivity (Wildman–Crippen MR) is 230 cm³/mol. The Bertz CT molecular complexity index is 3150. The van der Waals surface area contributed by atoms with E-state index in [4.69, 9.17) is 16.8 Å². The molecule has 0 N–H and O–H groups in total. The summed E-state index contributed by atoms with van der Waals surface area (Å²) in [7, 11) is 0. The van der Waals surface area contributed by atoms with E-state index in [1.165, 1.54) is 27.8 Å². The average Bonchev–Trinajstić information content (AvgIpc) is 3.52. The summed E-state index contributed by atoms with van der Waals surface area (Å²) in [6.07, 6.45) is 0. The molecule has 0 saturated heterocycles. The lowest BCUT2D eigenvalue weighted by atomic mass is 9.81. The molecule has 0 bridgehead atoms. The van der Waals surface area contributed by atoms with Crippen molar-refractivity contribution in [3.8, 4) is 78.4 Å². The normalized spacial score (nSPS) is 14.0. The zero-order valence-electron chi connectivity index (χ0n) is 35.5. The van der Waals surface area contributed by atoms with Gasteiger partial charge in [-0.2, -0.15) is 0 Å². The molecule has 55 heavy (non-hydrogen) atoms. The number of hydrogen-bond acceptors (Lipinski definition) is 2. The summed E-state index contributed by atoms with van der Waals surface area (Å²) in [6, 6.07) is 54.8. The summed E-state index contributed by atoms with van der Waals surface area (Å²) in [5.41, 5.74) is 14.6. The molecule has 0 unspecified atom stereocenters. The van der Waals surface area contributed by atoms with Gasteiger partial charge in [0.2, 0.25) is 0 Å². The Hall–Kier alpha value is -6.90. The molecule has 1 aliphatic rings. The van der Waals surface area contributed by atoms with Crippen LogP contribution in [0.15, 0.2) is 194 Å². The maximum atomic E-state index is 8.81. The van der Waals surface area contributed by atoms with Crippen LogP contribution in [0.2, 0.25) is 0 Å². The summed E-state index contributed by atoms with van der Waals surface area (Å²) in [4.78, 5) is 9.86. The Kier molecular flexibility index (Phi) is 6.64. The Morgan fingerprint density at radius 2 is 0.945 bits per heavy atom. The van der Waals surface area contributed by atoms with Crippen molar-refractivity contribution >= 4 is 10.8 Å². The van der Waals surface area contributed by atoms with Gasteiger partial charge in [0, 0.05) is 22.1 Å². The molecule has 0 aliphatic heterocycles. The smallest absolute Gasteiger partial charge is 0.160 e. The van der Waals surface area contributed by atoms with E-state index in [2.05, 4.69) is 117 Å². The summed E-state index contributed by atoms with van der Waals surface area (Å²) < 4.78 is 42.7. The van der Waals surface area contributed by atoms with Crippen molar-refractivity contribution in [2.75, 3.05) is 0 Å². The number of rotatable bonds is 6. The molecule has 1 aromatic heterocycles. The highest BCUT2D eigenvalue weighted by atomic mass is 14.9. The van der Waals surface area contributed by atoms with Gasteiger partial charge in [0.1, 0.15) is 0 Å². The van der Waals surface area contributed by atoms with E-state index in [0.29, 0.717) is 11.4 Å². The van der Waals surface area contributed by atoms with Crippen LogP contribution in [-0.2, 0) is 5.41 Å². The highest BCUT2D eigenvalue weighted by Gasteiger charge is 2.35. The zero-order valence-corrected chi connectivity index (χ0v) is 30.5. The standard InChI is InChI=1S/C53H38N2/c1-53(2)48-23-12-11-22-45(48)46-29-28-40(33-49(46)53)39-18-13-19-41(32-39)42-30-31-47(44-21-10-9-20-43(42)44)51-34-50(54-52(55-51)38-16-7-4-8-17-38)37-26-24-36(25-27-37)35-14-5-3-6-15-35/h3-34H,1-2H3/i4D,7D,8D,16D,17D. The highest BCUT2D eigenvalue weighted by Crippen LogP contribution is 2.49. The minimum Gasteiger partial charge on any atom is -0.228 e. The molecule has 9 aromatic rings. The van der Waals surface area contributed by atoms with Gasteiger partial charge in [-0.3, -0.25) is 0 Å². The van der Waals surface area contributed by atoms with E-state index < -0.39 is 18.1 Å². The maximum Gasteiger partial charge on any atom is 0.160 e. The SMILES string of the molecule is [2H]c1c([2H])c([2H])c(-c2nc(-c3ccc(-c4ccccc4)cc3)cc(-c3ccc(-c4cccc(-c5ccc6c(c5)C(C)(C)c5ccccc5-6)c4)c4ccccc34)n2)c([2H])c1[2H]. The van der Waals surface area contributed by atoms with Crippen molar-refractivity contribution in [2.24, 2.45) is 0 Å². The van der Waals surface area contributed by atoms with Gasteiger partial charge in [-0.25, -0.2) is 9.97 Å². The van der Waals surface area contributed by atoms with Crippen LogP contribution in [0.5, 0.6) is 0 Å². The van der Waals surface area contributed by atoms with E-state index in [0.717, 1.165) is 49.7 Å². The first kappa shape index (κ1) is 27.7. The average molecular weight is 708 g/mol. The van der Waals surface area contributed by atoms with E-state index in [9.17, 15) is 0 Å². The topological polar surface area (TPSA) is 25.8 Å². The number of fused-ring (bicyclic) bond motifs is 4. The summed E-state index contributed by atoms with van der Waals surface area (Å²) in [5, 5.41) is 2.00. The van der Waals surface area contributed by atoms with Crippen LogP contribution >= 0.6 is 0 Å². The summed E-state index contributed by atoms with van der Waals surface area (Å²) in [5.74, 6) is 0.0631. The number of nitrogens with zero attached hydrogens (tertiary/aromatic N) is 2. The Morgan fingerprint density at radius 1 is 0.382 bits per heavy atom.